The van der Waals surface area contributed by atoms with Crippen molar-refractivity contribution in [3.05, 3.63) is 58.7 Å². The van der Waals surface area contributed by atoms with Crippen molar-refractivity contribution < 1.29 is 59.2 Å². The molecule has 8 atom stereocenters. The number of aromatic nitrogens is 2. The maximum Gasteiger partial charge on any atom is 0.343 e. The average molecular weight is 690 g/mol. The summed E-state index contributed by atoms with van der Waals surface area (Å²) >= 11 is 0. The van der Waals surface area contributed by atoms with E-state index in [1.54, 1.807) is 19.1 Å². The molecule has 8 unspecified atom stereocenters. The Morgan fingerprint density at radius 3 is 2.46 bits per heavy atom. The Morgan fingerprint density at radius 1 is 1.00 bits per heavy atom. The number of esters is 1. The van der Waals surface area contributed by atoms with Gasteiger partial charge in [0.2, 0.25) is 5.60 Å². The van der Waals surface area contributed by atoms with Gasteiger partial charge in [-0.1, -0.05) is 12.1 Å². The summed E-state index contributed by atoms with van der Waals surface area (Å²) in [6.07, 6.45) is -8.19. The quantitative estimate of drug-likeness (QED) is 0.121. The number of hydrogen-bond acceptors (Lipinski definition) is 12. The molecule has 4 aliphatic heterocycles. The highest BCUT2D eigenvalue weighted by atomic mass is 16.7. The third-order valence-electron chi connectivity index (χ3n) is 11.1. The van der Waals surface area contributed by atoms with Crippen LogP contribution in [0.25, 0.3) is 43.6 Å². The Kier molecular flexibility index (Phi) is 6.79. The van der Waals surface area contributed by atoms with Crippen LogP contribution in [0, 0.1) is 0 Å². The van der Waals surface area contributed by atoms with E-state index in [1.165, 1.54) is 7.11 Å². The van der Waals surface area contributed by atoms with Crippen LogP contribution in [0.4, 0.5) is 0 Å². The molecule has 2 fully saturated rings. The number of aliphatic hydroxyl groups excluding tert-OH is 5. The van der Waals surface area contributed by atoms with E-state index in [0.29, 0.717) is 54.9 Å². The van der Waals surface area contributed by atoms with Gasteiger partial charge in [0.1, 0.15) is 30.6 Å². The normalized spacial score (nSPS) is 31.6. The molecule has 4 aliphatic rings. The van der Waals surface area contributed by atoms with Crippen LogP contribution in [0.5, 0.6) is 0 Å². The Labute approximate surface area is 282 Å². The van der Waals surface area contributed by atoms with Gasteiger partial charge in [0.05, 0.1) is 54.6 Å². The number of hydrogen-bond donors (Lipinski definition) is 7. The predicted molar refractivity (Wildman–Crippen MR) is 173 cm³/mol. The molecule has 2 saturated heterocycles. The maximum absolute atomic E-state index is 13.7. The van der Waals surface area contributed by atoms with Gasteiger partial charge in [0.15, 0.2) is 12.0 Å². The Hall–Kier alpha value is -4.16. The van der Waals surface area contributed by atoms with Crippen LogP contribution in [0.1, 0.15) is 46.6 Å². The van der Waals surface area contributed by atoms with Crippen molar-refractivity contribution in [2.24, 2.45) is 0 Å². The number of nitrogens with one attached hydrogen (secondary N) is 1. The highest BCUT2D eigenvalue weighted by molar-refractivity contribution is 6.31. The summed E-state index contributed by atoms with van der Waals surface area (Å²) in [4.78, 5) is 27.2. The molecule has 262 valence electrons. The number of carbonyl (C=O) groups is 2. The molecule has 2 bridgehead atoms. The predicted octanol–water partition coefficient (Wildman–Crippen LogP) is 0.464. The molecular formula is C35H35N3O12. The van der Waals surface area contributed by atoms with E-state index >= 15 is 0 Å². The average Bonchev–Trinajstić information content (AvgIpc) is 3.82. The number of nitrogens with zero attached hydrogens (tertiary/aromatic N) is 2. The van der Waals surface area contributed by atoms with Crippen LogP contribution in [-0.2, 0) is 49.2 Å². The first kappa shape index (κ1) is 31.8. The van der Waals surface area contributed by atoms with Gasteiger partial charge < -0.3 is 64.0 Å². The fourth-order valence-corrected chi connectivity index (χ4v) is 8.66. The van der Waals surface area contributed by atoms with Gasteiger partial charge in [-0.05, 0) is 47.9 Å². The number of aliphatic hydroxyl groups is 6. The van der Waals surface area contributed by atoms with Gasteiger partial charge in [0, 0.05) is 34.5 Å². The molecule has 50 heavy (non-hydrogen) atoms. The first-order valence-corrected chi connectivity index (χ1v) is 16.4. The topological polar surface area (TPSA) is 214 Å². The lowest BCUT2D eigenvalue weighted by Crippen LogP contribution is -2.59. The molecule has 15 nitrogen and oxygen atoms in total. The molecule has 0 radical (unpaired) electrons. The van der Waals surface area contributed by atoms with E-state index in [4.69, 9.17) is 18.9 Å². The van der Waals surface area contributed by atoms with Gasteiger partial charge in [-0.2, -0.15) is 0 Å². The molecule has 6 heterocycles. The Morgan fingerprint density at radius 2 is 1.72 bits per heavy atom. The Balaban J connectivity index is 1.31. The second kappa shape index (κ2) is 10.7. The van der Waals surface area contributed by atoms with E-state index in [2.05, 4.69) is 5.32 Å². The van der Waals surface area contributed by atoms with Crippen molar-refractivity contribution >= 4 is 55.5 Å². The largest absolute Gasteiger partial charge is 0.467 e. The molecule has 3 aromatic carbocycles. The number of fused-ring (bicyclic) bond motifs is 13. The van der Waals surface area contributed by atoms with Crippen molar-refractivity contribution in [2.75, 3.05) is 13.7 Å². The maximum atomic E-state index is 13.7. The number of carbonyl (C=O) groups excluding carboxylic acids is 2. The van der Waals surface area contributed by atoms with Crippen LogP contribution < -0.4 is 5.32 Å². The number of methoxy groups -OCH3 is 1. The third kappa shape index (κ3) is 3.84. The smallest absolute Gasteiger partial charge is 0.343 e. The molecule has 0 spiro atoms. The van der Waals surface area contributed by atoms with E-state index in [9.17, 15) is 40.2 Å². The lowest BCUT2D eigenvalue weighted by molar-refractivity contribution is -0.304. The van der Waals surface area contributed by atoms with Crippen LogP contribution in [0.2, 0.25) is 0 Å². The van der Waals surface area contributed by atoms with Gasteiger partial charge in [-0.15, -0.1) is 0 Å². The molecule has 7 N–H and O–H groups in total. The molecule has 1 amide bonds. The standard InChI is InChI=1S/C35H35N3O12/c1-34-35(46,33(45)47-2)9-22(50-34)37-19-5-4-15(13-48-32-30(43)29(42)28(41)21(12-40)49-32)8-16(19)24-25-18(10-36-31(25)44)23-17-7-14(11-39)3-6-20(17)38(34)27(23)26(24)37/h3-8,21-22,28-30,32,39-43,46H,9-13H2,1-2H3,(H,36,44). The van der Waals surface area contributed by atoms with Crippen LogP contribution >= 0.6 is 0 Å². The number of benzene rings is 3. The van der Waals surface area contributed by atoms with Crippen molar-refractivity contribution in [3.8, 4) is 0 Å². The fraction of sp³-hybridized carbons (Fsp3) is 0.429. The second-order valence-corrected chi connectivity index (χ2v) is 13.7. The van der Waals surface area contributed by atoms with Crippen molar-refractivity contribution in [1.82, 2.24) is 14.5 Å². The Bertz CT molecular complexity index is 2300. The van der Waals surface area contributed by atoms with E-state index < -0.39 is 60.8 Å². The first-order valence-electron chi connectivity index (χ1n) is 16.4. The van der Waals surface area contributed by atoms with Gasteiger partial charge in [-0.3, -0.25) is 4.79 Å². The zero-order valence-electron chi connectivity index (χ0n) is 27.0. The molecule has 15 heteroatoms. The zero-order chi connectivity index (χ0) is 35.0. The third-order valence-corrected chi connectivity index (χ3v) is 11.1. The van der Waals surface area contributed by atoms with Gasteiger partial charge in [0.25, 0.3) is 5.91 Å². The molecule has 9 rings (SSSR count). The van der Waals surface area contributed by atoms with Crippen molar-refractivity contribution in [2.45, 2.75) is 81.4 Å². The number of rotatable bonds is 6. The van der Waals surface area contributed by atoms with E-state index in [-0.39, 0.29) is 32.1 Å². The molecule has 5 aromatic rings. The SMILES string of the molecule is COC(=O)C1(O)CC2OC1(C)n1c3ccc(CO)cc3c3c4c(c5c6cc(COC7OC(CO)C(O)C(O)C7O)ccc6n2c5c31)C(=O)NC4. The lowest BCUT2D eigenvalue weighted by Gasteiger charge is -2.39. The summed E-state index contributed by atoms with van der Waals surface area (Å²) in [5.41, 5.74) is 1.29. The van der Waals surface area contributed by atoms with Crippen LogP contribution in [0.15, 0.2) is 36.4 Å². The number of ether oxygens (including phenoxy) is 4. The minimum absolute atomic E-state index is 0.105. The monoisotopic (exact) mass is 689 g/mol. The summed E-state index contributed by atoms with van der Waals surface area (Å²) in [6.45, 7) is 0.961. The summed E-state index contributed by atoms with van der Waals surface area (Å²) < 4.78 is 27.0. The first-order chi connectivity index (χ1) is 24.0. The summed E-state index contributed by atoms with van der Waals surface area (Å²) in [7, 11) is 1.21. The molecular weight excluding hydrogens is 654 g/mol. The minimum Gasteiger partial charge on any atom is -0.467 e. The zero-order valence-corrected chi connectivity index (χ0v) is 27.0. The summed E-state index contributed by atoms with van der Waals surface area (Å²) in [5, 5.41) is 68.6. The van der Waals surface area contributed by atoms with E-state index in [0.717, 1.165) is 10.9 Å². The summed E-state index contributed by atoms with van der Waals surface area (Å²) in [5.74, 6) is -1.12. The van der Waals surface area contributed by atoms with Gasteiger partial charge >= 0.3 is 5.97 Å². The molecule has 2 aromatic heterocycles. The highest BCUT2D eigenvalue weighted by Gasteiger charge is 2.66. The number of amides is 1. The minimum atomic E-state index is -2.12. The molecule has 0 saturated carbocycles. The van der Waals surface area contributed by atoms with Gasteiger partial charge in [-0.25, -0.2) is 4.79 Å². The highest BCUT2D eigenvalue weighted by Crippen LogP contribution is 2.58. The van der Waals surface area contributed by atoms with Crippen LogP contribution in [-0.4, -0.2) is 102 Å². The van der Waals surface area contributed by atoms with Crippen molar-refractivity contribution in [1.29, 1.82) is 0 Å². The molecule has 0 aliphatic carbocycles. The van der Waals surface area contributed by atoms with Crippen LogP contribution in [0.3, 0.4) is 0 Å². The fourth-order valence-electron chi connectivity index (χ4n) is 8.66. The van der Waals surface area contributed by atoms with Crippen molar-refractivity contribution in [3.63, 3.8) is 0 Å². The second-order valence-electron chi connectivity index (χ2n) is 13.7. The van der Waals surface area contributed by atoms with E-state index in [1.807, 2.05) is 33.4 Å². The summed E-state index contributed by atoms with van der Waals surface area (Å²) in [6, 6.07) is 10.9. The lowest BCUT2D eigenvalue weighted by atomic mass is 9.88.